The van der Waals surface area contributed by atoms with Crippen LogP contribution in [0.25, 0.3) is 11.1 Å². The van der Waals surface area contributed by atoms with E-state index in [1.165, 1.54) is 0 Å². The Morgan fingerprint density at radius 2 is 1.53 bits per heavy atom. The molecule has 172 valence electrons. The zero-order chi connectivity index (χ0) is 24.4. The van der Waals surface area contributed by atoms with Crippen molar-refractivity contribution >= 4 is 23.4 Å². The van der Waals surface area contributed by atoms with Gasteiger partial charge in [0, 0.05) is 12.0 Å². The van der Waals surface area contributed by atoms with Crippen molar-refractivity contribution in [1.29, 1.82) is 0 Å². The number of carbonyl (C=O) groups is 2. The van der Waals surface area contributed by atoms with Gasteiger partial charge in [0.25, 0.3) is 11.4 Å². The standard InChI is InChI=1S/C23H17N3O8/c27-22(28)21(18-10-9-13(25(30)31)11-20(18)26(32)33)24-23(29)34-12-19-16-7-3-1-5-14(16)15-6-2-4-8-17(15)19/h1-11,19,21H,12H2,(H,24,29)(H,27,28). The molecule has 11 heteroatoms. The fourth-order valence-electron chi connectivity index (χ4n) is 4.08. The summed E-state index contributed by atoms with van der Waals surface area (Å²) in [7, 11) is 0. The number of nitro groups is 2. The first kappa shape index (κ1) is 22.4. The van der Waals surface area contributed by atoms with Crippen LogP contribution < -0.4 is 5.32 Å². The average molecular weight is 463 g/mol. The average Bonchev–Trinajstić information content (AvgIpc) is 3.14. The van der Waals surface area contributed by atoms with Crippen molar-refractivity contribution in [3.8, 4) is 11.1 Å². The minimum atomic E-state index is -1.85. The summed E-state index contributed by atoms with van der Waals surface area (Å²) in [5, 5.41) is 34.0. The maximum atomic E-state index is 12.5. The highest BCUT2D eigenvalue weighted by molar-refractivity contribution is 5.83. The highest BCUT2D eigenvalue weighted by atomic mass is 16.6. The van der Waals surface area contributed by atoms with E-state index in [0.717, 1.165) is 34.4 Å². The lowest BCUT2D eigenvalue weighted by Crippen LogP contribution is -2.35. The van der Waals surface area contributed by atoms with Crippen LogP contribution in [0.3, 0.4) is 0 Å². The first-order chi connectivity index (χ1) is 16.3. The van der Waals surface area contributed by atoms with Gasteiger partial charge >= 0.3 is 12.1 Å². The van der Waals surface area contributed by atoms with Crippen LogP contribution >= 0.6 is 0 Å². The van der Waals surface area contributed by atoms with Gasteiger partial charge in [-0.3, -0.25) is 20.2 Å². The monoisotopic (exact) mass is 463 g/mol. The van der Waals surface area contributed by atoms with E-state index >= 15 is 0 Å². The lowest BCUT2D eigenvalue weighted by atomic mass is 9.98. The molecule has 0 heterocycles. The second kappa shape index (κ2) is 8.98. The van der Waals surface area contributed by atoms with E-state index in [2.05, 4.69) is 5.32 Å². The van der Waals surface area contributed by atoms with Gasteiger partial charge in [0.1, 0.15) is 6.61 Å². The maximum Gasteiger partial charge on any atom is 0.408 e. The molecular weight excluding hydrogens is 446 g/mol. The second-order valence-electron chi connectivity index (χ2n) is 7.50. The van der Waals surface area contributed by atoms with Crippen LogP contribution in [-0.4, -0.2) is 33.6 Å². The van der Waals surface area contributed by atoms with Crippen LogP contribution in [0.5, 0.6) is 0 Å². The SMILES string of the molecule is O=C(NC(C(=O)O)c1ccc([N+](=O)[O-])cc1[N+](=O)[O-])OCC1c2ccccc2-c2ccccc21. The summed E-state index contributed by atoms with van der Waals surface area (Å²) in [5.41, 5.74) is 2.13. The number of benzene rings is 3. The number of nitrogens with one attached hydrogen (secondary N) is 1. The Morgan fingerprint density at radius 1 is 0.941 bits per heavy atom. The van der Waals surface area contributed by atoms with Crippen molar-refractivity contribution in [2.24, 2.45) is 0 Å². The molecule has 0 aliphatic heterocycles. The van der Waals surface area contributed by atoms with Crippen molar-refractivity contribution < 1.29 is 29.3 Å². The molecule has 2 N–H and O–H groups in total. The smallest absolute Gasteiger partial charge is 0.408 e. The Balaban J connectivity index is 1.54. The van der Waals surface area contributed by atoms with Gasteiger partial charge in [-0.1, -0.05) is 48.5 Å². The van der Waals surface area contributed by atoms with E-state index < -0.39 is 44.9 Å². The van der Waals surface area contributed by atoms with Gasteiger partial charge in [-0.05, 0) is 28.3 Å². The zero-order valence-electron chi connectivity index (χ0n) is 17.4. The Kier molecular flexibility index (Phi) is 5.92. The number of nitrogens with zero attached hydrogens (tertiary/aromatic N) is 2. The topological polar surface area (TPSA) is 162 Å². The molecule has 4 rings (SSSR count). The number of amides is 1. The molecule has 1 aliphatic carbocycles. The summed E-state index contributed by atoms with van der Waals surface area (Å²) >= 11 is 0. The van der Waals surface area contributed by atoms with Gasteiger partial charge < -0.3 is 15.2 Å². The first-order valence-electron chi connectivity index (χ1n) is 10.0. The number of nitro benzene ring substituents is 2. The third-order valence-corrected chi connectivity index (χ3v) is 5.59. The number of ether oxygens (including phenoxy) is 1. The van der Waals surface area contributed by atoms with E-state index in [0.29, 0.717) is 6.07 Å². The van der Waals surface area contributed by atoms with Crippen LogP contribution in [0.4, 0.5) is 16.2 Å². The van der Waals surface area contributed by atoms with Crippen LogP contribution in [0.15, 0.2) is 66.7 Å². The zero-order valence-corrected chi connectivity index (χ0v) is 17.4. The lowest BCUT2D eigenvalue weighted by Gasteiger charge is -2.17. The molecule has 0 radical (unpaired) electrons. The highest BCUT2D eigenvalue weighted by Gasteiger charge is 2.33. The van der Waals surface area contributed by atoms with E-state index in [1.807, 2.05) is 48.5 Å². The Labute approximate surface area is 191 Å². The number of carbonyl (C=O) groups excluding carboxylic acids is 1. The molecule has 0 aromatic heterocycles. The van der Waals surface area contributed by atoms with Crippen molar-refractivity contribution in [1.82, 2.24) is 5.32 Å². The van der Waals surface area contributed by atoms with Crippen molar-refractivity contribution in [2.75, 3.05) is 6.61 Å². The summed E-state index contributed by atoms with van der Waals surface area (Å²) in [4.78, 5) is 44.8. The Bertz CT molecular complexity index is 1280. The van der Waals surface area contributed by atoms with Gasteiger partial charge in [0.15, 0.2) is 6.04 Å². The number of hydrogen-bond acceptors (Lipinski definition) is 7. The number of non-ortho nitro benzene ring substituents is 1. The fraction of sp³-hybridized carbons (Fsp3) is 0.130. The van der Waals surface area contributed by atoms with Crippen molar-refractivity contribution in [2.45, 2.75) is 12.0 Å². The minimum absolute atomic E-state index is 0.0887. The van der Waals surface area contributed by atoms with E-state index in [9.17, 15) is 34.9 Å². The van der Waals surface area contributed by atoms with Crippen LogP contribution in [0, 0.1) is 20.2 Å². The molecule has 0 saturated carbocycles. The number of carboxylic acids is 1. The lowest BCUT2D eigenvalue weighted by molar-refractivity contribution is -0.394. The van der Waals surface area contributed by atoms with Gasteiger partial charge in [0.2, 0.25) is 0 Å². The molecule has 3 aromatic rings. The van der Waals surface area contributed by atoms with E-state index in [1.54, 1.807) is 0 Å². The second-order valence-corrected chi connectivity index (χ2v) is 7.50. The van der Waals surface area contributed by atoms with E-state index in [-0.39, 0.29) is 12.5 Å². The largest absolute Gasteiger partial charge is 0.479 e. The van der Waals surface area contributed by atoms with Crippen molar-refractivity contribution in [3.63, 3.8) is 0 Å². The maximum absolute atomic E-state index is 12.5. The predicted molar refractivity (Wildman–Crippen MR) is 118 cm³/mol. The summed E-state index contributed by atoms with van der Waals surface area (Å²) in [6, 6.07) is 15.9. The third-order valence-electron chi connectivity index (χ3n) is 5.59. The molecular formula is C23H17N3O8. The molecule has 1 unspecified atom stereocenters. The molecule has 1 atom stereocenters. The van der Waals surface area contributed by atoms with E-state index in [4.69, 9.17) is 4.74 Å². The number of hydrogen-bond donors (Lipinski definition) is 2. The summed E-state index contributed by atoms with van der Waals surface area (Å²) in [5.74, 6) is -1.86. The molecule has 0 fully saturated rings. The fourth-order valence-corrected chi connectivity index (χ4v) is 4.08. The van der Waals surface area contributed by atoms with Crippen LogP contribution in [-0.2, 0) is 9.53 Å². The van der Waals surface area contributed by atoms with Crippen molar-refractivity contribution in [3.05, 3.63) is 104 Å². The molecule has 0 bridgehead atoms. The molecule has 1 aliphatic rings. The normalized spacial score (nSPS) is 12.8. The quantitative estimate of drug-likeness (QED) is 0.390. The number of alkyl carbamates (subject to hydrolysis) is 1. The molecule has 0 spiro atoms. The number of rotatable bonds is 7. The van der Waals surface area contributed by atoms with Gasteiger partial charge in [-0.15, -0.1) is 0 Å². The van der Waals surface area contributed by atoms with Gasteiger partial charge in [-0.25, -0.2) is 9.59 Å². The highest BCUT2D eigenvalue weighted by Crippen LogP contribution is 2.44. The predicted octanol–water partition coefficient (Wildman–Crippen LogP) is 4.17. The molecule has 34 heavy (non-hydrogen) atoms. The van der Waals surface area contributed by atoms with Crippen LogP contribution in [0.2, 0.25) is 0 Å². The summed E-state index contributed by atoms with van der Waals surface area (Å²) in [6.45, 7) is -0.0887. The third kappa shape index (κ3) is 4.13. The van der Waals surface area contributed by atoms with Crippen LogP contribution in [0.1, 0.15) is 28.7 Å². The minimum Gasteiger partial charge on any atom is -0.479 e. The Morgan fingerprint density at radius 3 is 2.06 bits per heavy atom. The molecule has 3 aromatic carbocycles. The number of carboxylic acid groups (broad SMARTS) is 1. The summed E-state index contributed by atoms with van der Waals surface area (Å²) < 4.78 is 5.31. The first-order valence-corrected chi connectivity index (χ1v) is 10.0. The number of aliphatic carboxylic acids is 1. The summed E-state index contributed by atoms with van der Waals surface area (Å²) in [6.07, 6.45) is -1.10. The molecule has 0 saturated heterocycles. The van der Waals surface area contributed by atoms with Gasteiger partial charge in [0.05, 0.1) is 21.5 Å². The molecule has 1 amide bonds. The Hall–Kier alpha value is -4.80. The van der Waals surface area contributed by atoms with Gasteiger partial charge in [-0.2, -0.15) is 0 Å². The number of fused-ring (bicyclic) bond motifs is 3. The molecule has 11 nitrogen and oxygen atoms in total.